The maximum atomic E-state index is 6.12. The van der Waals surface area contributed by atoms with Crippen molar-refractivity contribution in [3.05, 3.63) is 47.5 Å². The number of amidine groups is 2. The van der Waals surface area contributed by atoms with Gasteiger partial charge in [-0.25, -0.2) is 9.89 Å². The van der Waals surface area contributed by atoms with Crippen molar-refractivity contribution in [3.63, 3.8) is 0 Å². The van der Waals surface area contributed by atoms with Crippen LogP contribution in [0.3, 0.4) is 0 Å². The van der Waals surface area contributed by atoms with Gasteiger partial charge in [-0.05, 0) is 19.1 Å². The minimum Gasteiger partial charge on any atom is -0.293 e. The van der Waals surface area contributed by atoms with Gasteiger partial charge in [-0.1, -0.05) is 11.6 Å². The fraction of sp³-hybridized carbons (Fsp3) is 0.0769. The third-order valence-corrected chi connectivity index (χ3v) is 3.20. The summed E-state index contributed by atoms with van der Waals surface area (Å²) < 4.78 is 1.83. The molecule has 3 aliphatic rings. The van der Waals surface area contributed by atoms with Crippen molar-refractivity contribution in [2.75, 3.05) is 0 Å². The second-order valence-corrected chi connectivity index (χ2v) is 4.85. The van der Waals surface area contributed by atoms with Crippen LogP contribution in [-0.2, 0) is 0 Å². The van der Waals surface area contributed by atoms with Gasteiger partial charge in [0.25, 0.3) is 0 Å². The molecule has 0 spiro atoms. The molecule has 20 heavy (non-hydrogen) atoms. The molecular formula is C13H9ClN6. The highest BCUT2D eigenvalue weighted by Crippen LogP contribution is 2.26. The van der Waals surface area contributed by atoms with Crippen molar-refractivity contribution in [1.82, 2.24) is 9.47 Å². The summed E-state index contributed by atoms with van der Waals surface area (Å²) in [5.74, 6) is 3.11. The van der Waals surface area contributed by atoms with Crippen molar-refractivity contribution < 1.29 is 0 Å². The molecule has 0 aliphatic carbocycles. The summed E-state index contributed by atoms with van der Waals surface area (Å²) in [5, 5.41) is 0.585. The predicted molar refractivity (Wildman–Crippen MR) is 79.1 cm³/mol. The van der Waals surface area contributed by atoms with Crippen LogP contribution in [0.1, 0.15) is 6.92 Å². The Morgan fingerprint density at radius 2 is 1.75 bits per heavy atom. The molecule has 0 N–H and O–H groups in total. The third-order valence-electron chi connectivity index (χ3n) is 2.98. The van der Waals surface area contributed by atoms with E-state index in [1.54, 1.807) is 17.1 Å². The van der Waals surface area contributed by atoms with E-state index in [0.717, 1.165) is 0 Å². The van der Waals surface area contributed by atoms with Crippen molar-refractivity contribution in [2.24, 2.45) is 20.0 Å². The zero-order chi connectivity index (χ0) is 13.7. The summed E-state index contributed by atoms with van der Waals surface area (Å²) in [5.41, 5.74) is 0. The van der Waals surface area contributed by atoms with E-state index in [-0.39, 0.29) is 0 Å². The smallest absolute Gasteiger partial charge is 0.242 e. The monoisotopic (exact) mass is 284 g/mol. The lowest BCUT2D eigenvalue weighted by Gasteiger charge is -2.31. The fourth-order valence-corrected chi connectivity index (χ4v) is 2.36. The van der Waals surface area contributed by atoms with Crippen molar-refractivity contribution in [3.8, 4) is 0 Å². The Morgan fingerprint density at radius 3 is 2.55 bits per heavy atom. The fourth-order valence-electron chi connectivity index (χ4n) is 2.16. The maximum absolute atomic E-state index is 6.12. The van der Waals surface area contributed by atoms with Gasteiger partial charge < -0.3 is 0 Å². The Hall–Kier alpha value is -2.47. The molecule has 98 valence electrons. The largest absolute Gasteiger partial charge is 0.293 e. The number of guanidine groups is 1. The zero-order valence-electron chi connectivity index (χ0n) is 10.5. The average Bonchev–Trinajstić information content (AvgIpc) is 2.90. The molecule has 1 aromatic rings. The maximum Gasteiger partial charge on any atom is 0.242 e. The summed E-state index contributed by atoms with van der Waals surface area (Å²) in [4.78, 5) is 19.5. The molecule has 0 bridgehead atoms. The molecule has 0 fully saturated rings. The van der Waals surface area contributed by atoms with Crippen LogP contribution in [0.25, 0.3) is 0 Å². The molecule has 4 rings (SSSR count). The second-order valence-electron chi connectivity index (χ2n) is 4.41. The molecule has 0 aromatic carbocycles. The summed E-state index contributed by atoms with van der Waals surface area (Å²) >= 11 is 6.12. The van der Waals surface area contributed by atoms with Crippen LogP contribution in [0.4, 0.5) is 0 Å². The number of halogens is 1. The molecule has 4 heterocycles. The van der Waals surface area contributed by atoms with Gasteiger partial charge in [-0.15, -0.1) is 0 Å². The summed E-state index contributed by atoms with van der Waals surface area (Å²) in [6.45, 7) is 1.83. The molecule has 0 saturated heterocycles. The lowest BCUT2D eigenvalue weighted by molar-refractivity contribution is 0.706. The highest BCUT2D eigenvalue weighted by molar-refractivity contribution is 6.34. The van der Waals surface area contributed by atoms with Crippen LogP contribution in [0.2, 0.25) is 0 Å². The minimum atomic E-state index is 0.552. The Bertz CT molecular complexity index is 774. The molecule has 0 radical (unpaired) electrons. The lowest BCUT2D eigenvalue weighted by Crippen LogP contribution is -2.42. The van der Waals surface area contributed by atoms with Crippen LogP contribution in [0.5, 0.6) is 0 Å². The minimum absolute atomic E-state index is 0.552. The van der Waals surface area contributed by atoms with Gasteiger partial charge in [0.2, 0.25) is 11.9 Å². The molecule has 7 heteroatoms. The van der Waals surface area contributed by atoms with Gasteiger partial charge in [0.1, 0.15) is 17.5 Å². The van der Waals surface area contributed by atoms with E-state index in [1.807, 2.05) is 36.0 Å². The number of rotatable bonds is 0. The normalized spacial score (nSPS) is 20.2. The molecule has 0 saturated carbocycles. The van der Waals surface area contributed by atoms with Crippen molar-refractivity contribution in [2.45, 2.75) is 6.92 Å². The topological polar surface area (TPSA) is 57.6 Å². The van der Waals surface area contributed by atoms with Crippen LogP contribution in [0.15, 0.2) is 67.5 Å². The molecular weight excluding hydrogens is 276 g/mol. The predicted octanol–water partition coefficient (Wildman–Crippen LogP) is 2.17. The molecule has 0 atom stereocenters. The Kier molecular flexibility index (Phi) is 2.28. The number of hydrogen-bond acceptors (Lipinski definition) is 5. The molecule has 6 nitrogen and oxygen atoms in total. The Labute approximate surface area is 119 Å². The van der Waals surface area contributed by atoms with E-state index in [1.165, 1.54) is 0 Å². The van der Waals surface area contributed by atoms with E-state index in [4.69, 9.17) is 11.6 Å². The van der Waals surface area contributed by atoms with E-state index >= 15 is 0 Å². The molecule has 0 amide bonds. The highest BCUT2D eigenvalue weighted by atomic mass is 35.5. The zero-order valence-corrected chi connectivity index (χ0v) is 11.3. The standard InChI is InChI=1S/C13H9ClN6/c1-8-15-10-6-9(14)7-11-17-12(19-4-2-3-5-19)18-13(16-8)20(10)11/h2-7H,1H3. The first-order chi connectivity index (χ1) is 9.70. The first-order valence-corrected chi connectivity index (χ1v) is 6.42. The van der Waals surface area contributed by atoms with Crippen molar-refractivity contribution >= 4 is 35.2 Å². The van der Waals surface area contributed by atoms with Crippen molar-refractivity contribution in [1.29, 1.82) is 0 Å². The van der Waals surface area contributed by atoms with Gasteiger partial charge in [0.15, 0.2) is 0 Å². The first-order valence-electron chi connectivity index (χ1n) is 6.04. The number of aliphatic imine (C=N–C) groups is 4. The SMILES string of the molecule is CC1=NC2=CC(Cl)=CC3=NC(n4cccc4)=NC(=N1)N23. The third kappa shape index (κ3) is 1.65. The van der Waals surface area contributed by atoms with Crippen LogP contribution >= 0.6 is 11.6 Å². The van der Waals surface area contributed by atoms with E-state index in [9.17, 15) is 0 Å². The Morgan fingerprint density at radius 1 is 0.950 bits per heavy atom. The van der Waals surface area contributed by atoms with Gasteiger partial charge in [0, 0.05) is 29.6 Å². The van der Waals surface area contributed by atoms with Gasteiger partial charge in [0.05, 0.1) is 0 Å². The van der Waals surface area contributed by atoms with Crippen LogP contribution in [0, 0.1) is 0 Å². The first kappa shape index (κ1) is 11.4. The number of nitrogens with zero attached hydrogens (tertiary/aromatic N) is 6. The molecule has 0 unspecified atom stereocenters. The van der Waals surface area contributed by atoms with E-state index in [2.05, 4.69) is 20.0 Å². The quantitative estimate of drug-likeness (QED) is 0.720. The number of aromatic nitrogens is 1. The lowest BCUT2D eigenvalue weighted by atomic mass is 10.3. The average molecular weight is 285 g/mol. The molecule has 3 aliphatic heterocycles. The van der Waals surface area contributed by atoms with Gasteiger partial charge in [-0.3, -0.25) is 4.57 Å². The summed E-state index contributed by atoms with van der Waals surface area (Å²) in [6.07, 6.45) is 7.31. The molecule has 1 aromatic heterocycles. The van der Waals surface area contributed by atoms with Crippen LogP contribution < -0.4 is 0 Å². The van der Waals surface area contributed by atoms with Gasteiger partial charge in [-0.2, -0.15) is 15.0 Å². The van der Waals surface area contributed by atoms with E-state index < -0.39 is 0 Å². The number of allylic oxidation sites excluding steroid dienone is 2. The Balaban J connectivity index is 1.92. The highest BCUT2D eigenvalue weighted by Gasteiger charge is 2.31. The second kappa shape index (κ2) is 4.01. The van der Waals surface area contributed by atoms with E-state index in [0.29, 0.717) is 34.4 Å². The summed E-state index contributed by atoms with van der Waals surface area (Å²) in [7, 11) is 0. The summed E-state index contributed by atoms with van der Waals surface area (Å²) in [6, 6.07) is 3.83. The number of hydrogen-bond donors (Lipinski definition) is 0. The van der Waals surface area contributed by atoms with Gasteiger partial charge >= 0.3 is 0 Å². The van der Waals surface area contributed by atoms with Crippen LogP contribution in [-0.4, -0.2) is 33.1 Å².